The van der Waals surface area contributed by atoms with Crippen molar-refractivity contribution in [3.63, 3.8) is 0 Å². The molecule has 1 fully saturated rings. The molecule has 0 aliphatic carbocycles. The third-order valence-corrected chi connectivity index (χ3v) is 6.02. The molecular weight excluding hydrogens is 358 g/mol. The highest BCUT2D eigenvalue weighted by atomic mass is 16.5. The maximum Gasteiger partial charge on any atom is 0.277 e. The van der Waals surface area contributed by atoms with Crippen LogP contribution in [-0.4, -0.2) is 69.7 Å². The number of methoxy groups -OCH3 is 1. The minimum absolute atomic E-state index is 0.000255. The summed E-state index contributed by atoms with van der Waals surface area (Å²) in [5.74, 6) is 0.197. The molecule has 8 nitrogen and oxygen atoms in total. The van der Waals surface area contributed by atoms with Gasteiger partial charge >= 0.3 is 0 Å². The van der Waals surface area contributed by atoms with Crippen LogP contribution in [0.5, 0.6) is 0 Å². The van der Waals surface area contributed by atoms with Gasteiger partial charge in [0.2, 0.25) is 5.91 Å². The zero-order chi connectivity index (χ0) is 19.8. The van der Waals surface area contributed by atoms with E-state index in [1.54, 1.807) is 4.52 Å². The molecule has 1 saturated heterocycles. The van der Waals surface area contributed by atoms with Gasteiger partial charge in [0.05, 0.1) is 11.3 Å². The molecule has 2 aromatic rings. The van der Waals surface area contributed by atoms with E-state index in [0.717, 1.165) is 49.3 Å². The second kappa shape index (κ2) is 7.67. The number of aromatic nitrogens is 3. The fourth-order valence-electron chi connectivity index (χ4n) is 4.34. The highest BCUT2D eigenvalue weighted by Crippen LogP contribution is 2.27. The monoisotopic (exact) mass is 387 g/mol. The average molecular weight is 387 g/mol. The molecule has 1 unspecified atom stereocenters. The molecule has 8 heteroatoms. The summed E-state index contributed by atoms with van der Waals surface area (Å²) in [5.41, 5.74) is 3.37. The lowest BCUT2D eigenvalue weighted by Gasteiger charge is -2.32. The molecular formula is C20H29N5O3. The smallest absolute Gasteiger partial charge is 0.277 e. The number of ether oxygens (including phenoxy) is 1. The van der Waals surface area contributed by atoms with Gasteiger partial charge < -0.3 is 9.64 Å². The molecule has 0 radical (unpaired) electrons. The van der Waals surface area contributed by atoms with Gasteiger partial charge in [-0.1, -0.05) is 0 Å². The predicted molar refractivity (Wildman–Crippen MR) is 105 cm³/mol. The molecule has 2 aliphatic rings. The number of hydrogen-bond acceptors (Lipinski definition) is 5. The van der Waals surface area contributed by atoms with Crippen molar-refractivity contribution < 1.29 is 9.53 Å². The summed E-state index contributed by atoms with van der Waals surface area (Å²) in [6.45, 7) is 7.41. The molecule has 0 saturated carbocycles. The molecule has 1 amide bonds. The van der Waals surface area contributed by atoms with Gasteiger partial charge in [-0.3, -0.25) is 19.6 Å². The van der Waals surface area contributed by atoms with Gasteiger partial charge in [0.1, 0.15) is 6.61 Å². The van der Waals surface area contributed by atoms with E-state index in [-0.39, 0.29) is 24.0 Å². The standard InChI is InChI=1S/C20H29N5O3/c1-13(2)23-8-6-16-15(11-23)20(27)25-18(21-16)9-17(22-25)14-5-4-7-24(10-14)19(26)12-28-3/h9,13-14,22H,4-8,10-12H2,1-3H3. The van der Waals surface area contributed by atoms with Gasteiger partial charge in [0.25, 0.3) is 5.56 Å². The van der Waals surface area contributed by atoms with Crippen LogP contribution < -0.4 is 5.56 Å². The summed E-state index contributed by atoms with van der Waals surface area (Å²) in [6.07, 6.45) is 2.74. The Hall–Kier alpha value is -2.19. The van der Waals surface area contributed by atoms with Crippen molar-refractivity contribution in [3.8, 4) is 0 Å². The molecule has 2 aliphatic heterocycles. The van der Waals surface area contributed by atoms with Gasteiger partial charge in [-0.25, -0.2) is 9.50 Å². The van der Waals surface area contributed by atoms with Crippen molar-refractivity contribution in [1.29, 1.82) is 0 Å². The van der Waals surface area contributed by atoms with Crippen molar-refractivity contribution in [2.75, 3.05) is 33.4 Å². The molecule has 0 aromatic carbocycles. The molecule has 0 spiro atoms. The largest absolute Gasteiger partial charge is 0.375 e. The van der Waals surface area contributed by atoms with Crippen molar-refractivity contribution in [1.82, 2.24) is 24.4 Å². The highest BCUT2D eigenvalue weighted by Gasteiger charge is 2.28. The van der Waals surface area contributed by atoms with Crippen molar-refractivity contribution in [2.45, 2.75) is 51.6 Å². The van der Waals surface area contributed by atoms with Crippen LogP contribution in [0.25, 0.3) is 5.65 Å². The van der Waals surface area contributed by atoms with E-state index < -0.39 is 0 Å². The predicted octanol–water partition coefficient (Wildman–Crippen LogP) is 1.14. The van der Waals surface area contributed by atoms with Crippen molar-refractivity contribution in [3.05, 3.63) is 33.4 Å². The Morgan fingerprint density at radius 2 is 2.21 bits per heavy atom. The lowest BCUT2D eigenvalue weighted by atomic mass is 9.95. The van der Waals surface area contributed by atoms with E-state index in [0.29, 0.717) is 24.8 Å². The Morgan fingerprint density at radius 1 is 1.39 bits per heavy atom. The van der Waals surface area contributed by atoms with Crippen molar-refractivity contribution in [2.24, 2.45) is 0 Å². The molecule has 2 aromatic heterocycles. The molecule has 28 heavy (non-hydrogen) atoms. The quantitative estimate of drug-likeness (QED) is 0.851. The van der Waals surface area contributed by atoms with E-state index in [9.17, 15) is 9.59 Å². The summed E-state index contributed by atoms with van der Waals surface area (Å²) in [4.78, 5) is 34.2. The summed E-state index contributed by atoms with van der Waals surface area (Å²) in [7, 11) is 1.54. The summed E-state index contributed by atoms with van der Waals surface area (Å²) < 4.78 is 6.56. The van der Waals surface area contributed by atoms with E-state index >= 15 is 0 Å². The van der Waals surface area contributed by atoms with Gasteiger partial charge in [-0.15, -0.1) is 0 Å². The zero-order valence-corrected chi connectivity index (χ0v) is 16.9. The number of carbonyl (C=O) groups excluding carboxylic acids is 1. The van der Waals surface area contributed by atoms with Crippen LogP contribution in [0.3, 0.4) is 0 Å². The van der Waals surface area contributed by atoms with Crippen LogP contribution in [-0.2, 0) is 22.5 Å². The highest BCUT2D eigenvalue weighted by molar-refractivity contribution is 5.77. The van der Waals surface area contributed by atoms with E-state index in [1.807, 2.05) is 11.0 Å². The van der Waals surface area contributed by atoms with Crippen molar-refractivity contribution >= 4 is 11.6 Å². The number of fused-ring (bicyclic) bond motifs is 2. The molecule has 1 N–H and O–H groups in total. The van der Waals surface area contributed by atoms with Crippen LogP contribution in [0.4, 0.5) is 0 Å². The number of nitrogens with zero attached hydrogens (tertiary/aromatic N) is 4. The first-order valence-electron chi connectivity index (χ1n) is 10.1. The van der Waals surface area contributed by atoms with E-state index in [2.05, 4.69) is 23.8 Å². The summed E-state index contributed by atoms with van der Waals surface area (Å²) in [6, 6.07) is 2.39. The summed E-state index contributed by atoms with van der Waals surface area (Å²) >= 11 is 0. The Bertz CT molecular complexity index is 932. The van der Waals surface area contributed by atoms with Gasteiger partial charge in [0, 0.05) is 63.4 Å². The maximum atomic E-state index is 13.1. The summed E-state index contributed by atoms with van der Waals surface area (Å²) in [5, 5.41) is 3.27. The number of carbonyl (C=O) groups is 1. The number of piperidine rings is 1. The van der Waals surface area contributed by atoms with Gasteiger partial charge in [-0.2, -0.15) is 0 Å². The molecule has 0 bridgehead atoms. The average Bonchev–Trinajstić information content (AvgIpc) is 3.12. The minimum atomic E-state index is -0.000255. The number of nitrogens with one attached hydrogen (secondary N) is 1. The first-order valence-corrected chi connectivity index (χ1v) is 10.1. The van der Waals surface area contributed by atoms with Gasteiger partial charge in [0.15, 0.2) is 5.65 Å². The second-order valence-electron chi connectivity index (χ2n) is 8.17. The van der Waals surface area contributed by atoms with E-state index in [4.69, 9.17) is 9.72 Å². The topological polar surface area (TPSA) is 82.9 Å². The molecule has 1 atom stereocenters. The second-order valence-corrected chi connectivity index (χ2v) is 8.17. The SMILES string of the molecule is COCC(=O)N1CCCC(c2cc3nc4c(c(=O)n3[nH]2)CN(C(C)C)CC4)C1. The zero-order valence-electron chi connectivity index (χ0n) is 16.9. The van der Waals surface area contributed by atoms with Crippen LogP contribution in [0.2, 0.25) is 0 Å². The number of likely N-dealkylation sites (tertiary alicyclic amines) is 1. The Morgan fingerprint density at radius 3 is 2.96 bits per heavy atom. The Kier molecular flexibility index (Phi) is 5.25. The number of amides is 1. The number of rotatable bonds is 4. The third-order valence-electron chi connectivity index (χ3n) is 6.02. The van der Waals surface area contributed by atoms with Crippen LogP contribution in [0.15, 0.2) is 10.9 Å². The Balaban J connectivity index is 1.63. The minimum Gasteiger partial charge on any atom is -0.375 e. The van der Waals surface area contributed by atoms with E-state index in [1.165, 1.54) is 7.11 Å². The molecule has 4 rings (SSSR count). The lowest BCUT2D eigenvalue weighted by molar-refractivity contribution is -0.136. The molecule has 4 heterocycles. The normalized spacial score (nSPS) is 20.7. The number of aromatic amines is 1. The third kappa shape index (κ3) is 3.46. The first-order chi connectivity index (χ1) is 13.5. The maximum absolute atomic E-state index is 13.1. The fourth-order valence-corrected chi connectivity index (χ4v) is 4.34. The number of hydrogen-bond donors (Lipinski definition) is 1. The van der Waals surface area contributed by atoms with Gasteiger partial charge in [-0.05, 0) is 26.7 Å². The number of H-pyrrole nitrogens is 1. The Labute approximate surface area is 164 Å². The van der Waals surface area contributed by atoms with Crippen LogP contribution in [0, 0.1) is 0 Å². The molecule has 152 valence electrons. The fraction of sp³-hybridized carbons (Fsp3) is 0.650. The van der Waals surface area contributed by atoms with Crippen LogP contribution in [0.1, 0.15) is 49.6 Å². The first kappa shape index (κ1) is 19.1. The van der Waals surface area contributed by atoms with Crippen LogP contribution >= 0.6 is 0 Å². The lowest BCUT2D eigenvalue weighted by Crippen LogP contribution is -2.41.